The van der Waals surface area contributed by atoms with Gasteiger partial charge in [-0.15, -0.1) is 0 Å². The molecule has 1 amide bonds. The molecule has 0 bridgehead atoms. The maximum Gasteiger partial charge on any atom is 0.306 e. The van der Waals surface area contributed by atoms with E-state index in [2.05, 4.69) is 10.6 Å². The third-order valence-corrected chi connectivity index (χ3v) is 4.64. The molecule has 5 nitrogen and oxygen atoms in total. The molecule has 1 saturated heterocycles. The van der Waals surface area contributed by atoms with E-state index < -0.39 is 5.97 Å². The van der Waals surface area contributed by atoms with Crippen LogP contribution in [0.3, 0.4) is 0 Å². The van der Waals surface area contributed by atoms with E-state index in [-0.39, 0.29) is 17.9 Å². The van der Waals surface area contributed by atoms with Crippen LogP contribution >= 0.6 is 0 Å². The predicted molar refractivity (Wildman–Crippen MR) is 76.4 cm³/mol. The van der Waals surface area contributed by atoms with Gasteiger partial charge in [-0.3, -0.25) is 9.59 Å². The lowest BCUT2D eigenvalue weighted by Gasteiger charge is -2.27. The summed E-state index contributed by atoms with van der Waals surface area (Å²) in [5, 5.41) is 15.3. The zero-order valence-corrected chi connectivity index (χ0v) is 12.1. The van der Waals surface area contributed by atoms with E-state index in [1.807, 2.05) is 0 Å². The summed E-state index contributed by atoms with van der Waals surface area (Å²) in [6.07, 6.45) is 7.73. The Morgan fingerprint density at radius 1 is 1.05 bits per heavy atom. The van der Waals surface area contributed by atoms with Gasteiger partial charge >= 0.3 is 5.97 Å². The minimum Gasteiger partial charge on any atom is -0.481 e. The number of carboxylic acids is 1. The number of rotatable bonds is 4. The highest BCUT2D eigenvalue weighted by Gasteiger charge is 2.27. The summed E-state index contributed by atoms with van der Waals surface area (Å²) >= 11 is 0. The summed E-state index contributed by atoms with van der Waals surface area (Å²) in [5.41, 5.74) is 0. The van der Waals surface area contributed by atoms with Gasteiger partial charge in [-0.25, -0.2) is 0 Å². The van der Waals surface area contributed by atoms with Crippen molar-refractivity contribution < 1.29 is 14.7 Å². The molecule has 2 aliphatic rings. The van der Waals surface area contributed by atoms with Gasteiger partial charge in [-0.2, -0.15) is 0 Å². The second-order valence-electron chi connectivity index (χ2n) is 6.16. The van der Waals surface area contributed by atoms with Gasteiger partial charge in [0.2, 0.25) is 5.91 Å². The normalized spacial score (nSPS) is 31.3. The van der Waals surface area contributed by atoms with Gasteiger partial charge in [0.1, 0.15) is 0 Å². The highest BCUT2D eigenvalue weighted by atomic mass is 16.4. The molecule has 20 heavy (non-hydrogen) atoms. The minimum absolute atomic E-state index is 0.0344. The quantitative estimate of drug-likeness (QED) is 0.730. The summed E-state index contributed by atoms with van der Waals surface area (Å²) in [4.78, 5) is 23.0. The van der Waals surface area contributed by atoms with Gasteiger partial charge < -0.3 is 15.7 Å². The highest BCUT2D eigenvalue weighted by molar-refractivity contribution is 5.81. The number of carboxylic acid groups (broad SMARTS) is 1. The van der Waals surface area contributed by atoms with Crippen molar-refractivity contribution >= 4 is 11.9 Å². The smallest absolute Gasteiger partial charge is 0.306 e. The first-order chi connectivity index (χ1) is 9.66. The van der Waals surface area contributed by atoms with Crippen LogP contribution in [-0.4, -0.2) is 36.1 Å². The van der Waals surface area contributed by atoms with Crippen molar-refractivity contribution in [2.24, 2.45) is 11.8 Å². The molecule has 0 spiro atoms. The molecule has 1 saturated carbocycles. The van der Waals surface area contributed by atoms with Crippen molar-refractivity contribution in [1.82, 2.24) is 10.6 Å². The molecule has 5 heteroatoms. The summed E-state index contributed by atoms with van der Waals surface area (Å²) in [5.74, 6) is -0.284. The Hall–Kier alpha value is -1.10. The summed E-state index contributed by atoms with van der Waals surface area (Å²) in [6.45, 7) is 1.63. The average Bonchev–Trinajstić information content (AvgIpc) is 2.74. The van der Waals surface area contributed by atoms with E-state index in [1.165, 1.54) is 6.42 Å². The molecule has 1 unspecified atom stereocenters. The van der Waals surface area contributed by atoms with Crippen LogP contribution < -0.4 is 10.6 Å². The molecule has 1 atom stereocenters. The molecule has 2 rings (SSSR count). The van der Waals surface area contributed by atoms with Gasteiger partial charge in [0.05, 0.1) is 12.0 Å². The van der Waals surface area contributed by atoms with Crippen LogP contribution in [0.25, 0.3) is 0 Å². The SMILES string of the molecule is O=C(O)C1CCC(CNC(=O)C2CCCCCN2)CC1. The average molecular weight is 282 g/mol. The second-order valence-corrected chi connectivity index (χ2v) is 6.16. The van der Waals surface area contributed by atoms with Gasteiger partial charge in [0.15, 0.2) is 0 Å². The zero-order valence-electron chi connectivity index (χ0n) is 12.1. The van der Waals surface area contributed by atoms with Crippen LogP contribution in [0.15, 0.2) is 0 Å². The van der Waals surface area contributed by atoms with Crippen molar-refractivity contribution in [3.05, 3.63) is 0 Å². The molecule has 1 heterocycles. The van der Waals surface area contributed by atoms with Crippen LogP contribution in [0.4, 0.5) is 0 Å². The topological polar surface area (TPSA) is 78.4 Å². The van der Waals surface area contributed by atoms with Crippen molar-refractivity contribution in [1.29, 1.82) is 0 Å². The Labute approximate surface area is 120 Å². The van der Waals surface area contributed by atoms with Crippen molar-refractivity contribution in [2.45, 2.75) is 57.4 Å². The Morgan fingerprint density at radius 3 is 2.50 bits per heavy atom. The monoisotopic (exact) mass is 282 g/mol. The zero-order chi connectivity index (χ0) is 14.4. The van der Waals surface area contributed by atoms with Gasteiger partial charge in [-0.05, 0) is 51.0 Å². The Bertz CT molecular complexity index is 330. The first-order valence-corrected chi connectivity index (χ1v) is 7.90. The lowest BCUT2D eigenvalue weighted by Crippen LogP contribution is -2.45. The highest BCUT2D eigenvalue weighted by Crippen LogP contribution is 2.28. The third kappa shape index (κ3) is 4.47. The van der Waals surface area contributed by atoms with Gasteiger partial charge in [-0.1, -0.05) is 12.8 Å². The fourth-order valence-electron chi connectivity index (χ4n) is 3.23. The van der Waals surface area contributed by atoms with E-state index in [9.17, 15) is 9.59 Å². The molecule has 3 N–H and O–H groups in total. The largest absolute Gasteiger partial charge is 0.481 e. The molecule has 1 aliphatic carbocycles. The summed E-state index contributed by atoms with van der Waals surface area (Å²) < 4.78 is 0. The molecule has 1 aliphatic heterocycles. The molecular weight excluding hydrogens is 256 g/mol. The molecule has 0 aromatic carbocycles. The van der Waals surface area contributed by atoms with Crippen LogP contribution in [0, 0.1) is 11.8 Å². The first-order valence-electron chi connectivity index (χ1n) is 7.90. The van der Waals surface area contributed by atoms with E-state index in [0.29, 0.717) is 12.5 Å². The lowest BCUT2D eigenvalue weighted by atomic mass is 9.82. The number of nitrogens with one attached hydrogen (secondary N) is 2. The fraction of sp³-hybridized carbons (Fsp3) is 0.867. The lowest BCUT2D eigenvalue weighted by molar-refractivity contribution is -0.143. The van der Waals surface area contributed by atoms with Gasteiger partial charge in [0, 0.05) is 6.54 Å². The maximum atomic E-state index is 12.1. The van der Waals surface area contributed by atoms with Crippen LogP contribution in [0.2, 0.25) is 0 Å². The second kappa shape index (κ2) is 7.62. The fourth-order valence-corrected chi connectivity index (χ4v) is 3.23. The van der Waals surface area contributed by atoms with Crippen LogP contribution in [0.1, 0.15) is 51.4 Å². The van der Waals surface area contributed by atoms with Gasteiger partial charge in [0.25, 0.3) is 0 Å². The molecular formula is C15H26N2O3. The molecule has 114 valence electrons. The van der Waals surface area contributed by atoms with Crippen LogP contribution in [-0.2, 0) is 9.59 Å². The Morgan fingerprint density at radius 2 is 1.80 bits per heavy atom. The number of aliphatic carboxylic acids is 1. The Kier molecular flexibility index (Phi) is 5.83. The first kappa shape index (κ1) is 15.3. The number of carbonyl (C=O) groups is 2. The molecule has 2 fully saturated rings. The van der Waals surface area contributed by atoms with E-state index in [4.69, 9.17) is 5.11 Å². The number of hydrogen-bond donors (Lipinski definition) is 3. The number of amides is 1. The van der Waals surface area contributed by atoms with Crippen molar-refractivity contribution in [3.63, 3.8) is 0 Å². The number of carbonyl (C=O) groups excluding carboxylic acids is 1. The maximum absolute atomic E-state index is 12.1. The van der Waals surface area contributed by atoms with Crippen molar-refractivity contribution in [2.75, 3.05) is 13.1 Å². The van der Waals surface area contributed by atoms with Crippen molar-refractivity contribution in [3.8, 4) is 0 Å². The Balaban J connectivity index is 1.67. The number of hydrogen-bond acceptors (Lipinski definition) is 3. The molecule has 0 radical (unpaired) electrons. The third-order valence-electron chi connectivity index (χ3n) is 4.64. The molecule has 0 aromatic heterocycles. The summed E-state index contributed by atoms with van der Waals surface area (Å²) in [6, 6.07) is -0.0344. The molecule has 0 aromatic rings. The summed E-state index contributed by atoms with van der Waals surface area (Å²) in [7, 11) is 0. The van der Waals surface area contributed by atoms with E-state index in [1.54, 1.807) is 0 Å². The minimum atomic E-state index is -0.671. The standard InChI is InChI=1S/C15H26N2O3/c18-14(13-4-2-1-3-9-16-13)17-10-11-5-7-12(8-6-11)15(19)20/h11-13,16H,1-10H2,(H,17,18)(H,19,20). The van der Waals surface area contributed by atoms with Crippen LogP contribution in [0.5, 0.6) is 0 Å². The van der Waals surface area contributed by atoms with E-state index in [0.717, 1.165) is 51.5 Å². The van der Waals surface area contributed by atoms with E-state index >= 15 is 0 Å². The predicted octanol–water partition coefficient (Wildman–Crippen LogP) is 1.53.